The Morgan fingerprint density at radius 3 is 2.73 bits per heavy atom. The van der Waals surface area contributed by atoms with Crippen molar-refractivity contribution in [3.05, 3.63) is 64.2 Å². The number of aryl methyl sites for hydroxylation is 1. The summed E-state index contributed by atoms with van der Waals surface area (Å²) in [5.41, 5.74) is 1.54. The zero-order valence-corrected chi connectivity index (χ0v) is 13.2. The molecule has 0 saturated carbocycles. The molecule has 0 spiro atoms. The molecule has 0 aliphatic rings. The molecule has 2 aromatic carbocycles. The van der Waals surface area contributed by atoms with E-state index in [1.165, 1.54) is 22.4 Å². The van der Waals surface area contributed by atoms with Crippen LogP contribution in [0.5, 0.6) is 0 Å². The van der Waals surface area contributed by atoms with E-state index in [4.69, 9.17) is 0 Å². The number of para-hydroxylation sites is 1. The molecule has 0 unspecified atom stereocenters. The fourth-order valence-corrected chi connectivity index (χ4v) is 3.03. The molecule has 3 aromatic rings. The number of thioether (sulfide) groups is 1. The molecule has 0 bridgehead atoms. The van der Waals surface area contributed by atoms with Gasteiger partial charge in [0.1, 0.15) is 5.82 Å². The summed E-state index contributed by atoms with van der Waals surface area (Å²) in [6.45, 7) is 3.69. The highest BCUT2D eigenvalue weighted by atomic mass is 32.2. The van der Waals surface area contributed by atoms with Gasteiger partial charge in [-0.05, 0) is 42.5 Å². The van der Waals surface area contributed by atoms with E-state index in [2.05, 4.69) is 4.98 Å². The minimum absolute atomic E-state index is 0.176. The lowest BCUT2D eigenvalue weighted by molar-refractivity contribution is 0.615. The second kappa shape index (κ2) is 5.93. The third-order valence-corrected chi connectivity index (χ3v) is 4.25. The molecular formula is C17H15FN2OS. The Morgan fingerprint density at radius 1 is 1.23 bits per heavy atom. The number of rotatable bonds is 3. The molecule has 0 amide bonds. The predicted molar refractivity (Wildman–Crippen MR) is 88.4 cm³/mol. The molecule has 0 atom stereocenters. The van der Waals surface area contributed by atoms with E-state index in [0.717, 1.165) is 5.75 Å². The molecule has 0 aliphatic carbocycles. The van der Waals surface area contributed by atoms with Crippen molar-refractivity contribution < 1.29 is 4.39 Å². The summed E-state index contributed by atoms with van der Waals surface area (Å²) in [4.78, 5) is 17.4. The van der Waals surface area contributed by atoms with Gasteiger partial charge in [0, 0.05) is 0 Å². The lowest BCUT2D eigenvalue weighted by Gasteiger charge is -2.13. The van der Waals surface area contributed by atoms with E-state index in [1.54, 1.807) is 31.2 Å². The normalized spacial score (nSPS) is 11.0. The van der Waals surface area contributed by atoms with Crippen molar-refractivity contribution in [2.45, 2.75) is 19.0 Å². The van der Waals surface area contributed by atoms with Gasteiger partial charge in [0.2, 0.25) is 0 Å². The Hall–Kier alpha value is -2.14. The summed E-state index contributed by atoms with van der Waals surface area (Å²) in [6, 6.07) is 12.0. The van der Waals surface area contributed by atoms with Crippen LogP contribution in [0.2, 0.25) is 0 Å². The van der Waals surface area contributed by atoms with Crippen molar-refractivity contribution in [1.29, 1.82) is 0 Å². The molecule has 1 heterocycles. The van der Waals surface area contributed by atoms with Crippen molar-refractivity contribution in [2.24, 2.45) is 0 Å². The SMILES string of the molecule is CCSc1nc2ccccc2c(=O)n1-c1ccc(C)c(F)c1. The van der Waals surface area contributed by atoms with Crippen LogP contribution in [0, 0.1) is 12.7 Å². The fourth-order valence-electron chi connectivity index (χ4n) is 2.29. The highest BCUT2D eigenvalue weighted by molar-refractivity contribution is 7.99. The van der Waals surface area contributed by atoms with Crippen LogP contribution in [-0.2, 0) is 0 Å². The first kappa shape index (κ1) is 14.8. The highest BCUT2D eigenvalue weighted by Crippen LogP contribution is 2.22. The summed E-state index contributed by atoms with van der Waals surface area (Å²) in [7, 11) is 0. The van der Waals surface area contributed by atoms with Crippen LogP contribution < -0.4 is 5.56 Å². The maximum Gasteiger partial charge on any atom is 0.266 e. The number of fused-ring (bicyclic) bond motifs is 1. The summed E-state index contributed by atoms with van der Waals surface area (Å²) in [5.74, 6) is 0.448. The predicted octanol–water partition coefficient (Wildman–Crippen LogP) is 3.95. The van der Waals surface area contributed by atoms with Gasteiger partial charge in [0.05, 0.1) is 16.6 Å². The van der Waals surface area contributed by atoms with Crippen LogP contribution in [0.1, 0.15) is 12.5 Å². The number of benzene rings is 2. The smallest absolute Gasteiger partial charge is 0.266 e. The molecule has 22 heavy (non-hydrogen) atoms. The van der Waals surface area contributed by atoms with Crippen molar-refractivity contribution in [2.75, 3.05) is 5.75 Å². The Balaban J connectivity index is 2.35. The van der Waals surface area contributed by atoms with Crippen LogP contribution in [0.3, 0.4) is 0 Å². The third-order valence-electron chi connectivity index (χ3n) is 3.43. The second-order valence-electron chi connectivity index (χ2n) is 4.92. The molecule has 3 rings (SSSR count). The second-order valence-corrected chi connectivity index (χ2v) is 6.15. The number of hydrogen-bond donors (Lipinski definition) is 0. The summed E-state index contributed by atoms with van der Waals surface area (Å²) in [6.07, 6.45) is 0. The fraction of sp³-hybridized carbons (Fsp3) is 0.176. The first-order valence-electron chi connectivity index (χ1n) is 7.03. The standard InChI is InChI=1S/C17H15FN2OS/c1-3-22-17-19-15-7-5-4-6-13(15)16(21)20(17)12-9-8-11(2)14(18)10-12/h4-10H,3H2,1-2H3. The molecule has 5 heteroatoms. The minimum atomic E-state index is -0.329. The van der Waals surface area contributed by atoms with Gasteiger partial charge in [-0.15, -0.1) is 0 Å². The highest BCUT2D eigenvalue weighted by Gasteiger charge is 2.13. The Morgan fingerprint density at radius 2 is 2.00 bits per heavy atom. The molecule has 3 nitrogen and oxygen atoms in total. The zero-order valence-electron chi connectivity index (χ0n) is 12.3. The van der Waals surface area contributed by atoms with Crippen LogP contribution in [-0.4, -0.2) is 15.3 Å². The number of nitrogens with zero attached hydrogens (tertiary/aromatic N) is 2. The van der Waals surface area contributed by atoms with Gasteiger partial charge in [-0.25, -0.2) is 9.37 Å². The quantitative estimate of drug-likeness (QED) is 0.542. The number of hydrogen-bond acceptors (Lipinski definition) is 3. The first-order chi connectivity index (χ1) is 10.6. The number of halogens is 1. The molecular weight excluding hydrogens is 299 g/mol. The van der Waals surface area contributed by atoms with E-state index >= 15 is 0 Å². The number of aromatic nitrogens is 2. The van der Waals surface area contributed by atoms with E-state index in [-0.39, 0.29) is 11.4 Å². The molecule has 0 fully saturated rings. The van der Waals surface area contributed by atoms with Gasteiger partial charge in [-0.1, -0.05) is 36.9 Å². The Labute approximate surface area is 131 Å². The zero-order chi connectivity index (χ0) is 15.7. The van der Waals surface area contributed by atoms with Gasteiger partial charge in [-0.3, -0.25) is 9.36 Å². The van der Waals surface area contributed by atoms with E-state index in [9.17, 15) is 9.18 Å². The van der Waals surface area contributed by atoms with Crippen molar-refractivity contribution >= 4 is 22.7 Å². The van der Waals surface area contributed by atoms with Gasteiger partial charge >= 0.3 is 0 Å². The van der Waals surface area contributed by atoms with E-state index in [1.807, 2.05) is 19.1 Å². The van der Waals surface area contributed by atoms with Crippen LogP contribution in [0.15, 0.2) is 52.4 Å². The van der Waals surface area contributed by atoms with E-state index in [0.29, 0.717) is 27.3 Å². The molecule has 0 saturated heterocycles. The topological polar surface area (TPSA) is 34.9 Å². The maximum absolute atomic E-state index is 13.9. The van der Waals surface area contributed by atoms with Crippen molar-refractivity contribution in [3.63, 3.8) is 0 Å². The first-order valence-corrected chi connectivity index (χ1v) is 8.01. The van der Waals surface area contributed by atoms with Crippen molar-refractivity contribution in [3.8, 4) is 5.69 Å². The van der Waals surface area contributed by atoms with Crippen molar-refractivity contribution in [1.82, 2.24) is 9.55 Å². The molecule has 1 aromatic heterocycles. The molecule has 0 radical (unpaired) electrons. The lowest BCUT2D eigenvalue weighted by atomic mass is 10.2. The van der Waals surface area contributed by atoms with Gasteiger partial charge in [0.15, 0.2) is 5.16 Å². The Bertz CT molecular complexity index is 905. The van der Waals surface area contributed by atoms with Crippen LogP contribution in [0.25, 0.3) is 16.6 Å². The molecule has 0 N–H and O–H groups in total. The minimum Gasteiger partial charge on any atom is -0.268 e. The van der Waals surface area contributed by atoms with Gasteiger partial charge in [0.25, 0.3) is 5.56 Å². The summed E-state index contributed by atoms with van der Waals surface area (Å²) < 4.78 is 15.4. The Kier molecular flexibility index (Phi) is 3.98. The van der Waals surface area contributed by atoms with Gasteiger partial charge in [-0.2, -0.15) is 0 Å². The van der Waals surface area contributed by atoms with Crippen LogP contribution in [0.4, 0.5) is 4.39 Å². The average molecular weight is 314 g/mol. The summed E-state index contributed by atoms with van der Waals surface area (Å²) in [5, 5.41) is 1.11. The average Bonchev–Trinajstić information content (AvgIpc) is 2.51. The van der Waals surface area contributed by atoms with Crippen LogP contribution >= 0.6 is 11.8 Å². The van der Waals surface area contributed by atoms with E-state index < -0.39 is 0 Å². The molecule has 0 aliphatic heterocycles. The lowest BCUT2D eigenvalue weighted by Crippen LogP contribution is -2.22. The monoisotopic (exact) mass is 314 g/mol. The largest absolute Gasteiger partial charge is 0.268 e. The molecule has 112 valence electrons. The maximum atomic E-state index is 13.9. The third kappa shape index (κ3) is 2.52. The van der Waals surface area contributed by atoms with Gasteiger partial charge < -0.3 is 0 Å². The summed E-state index contributed by atoms with van der Waals surface area (Å²) >= 11 is 1.47.